The number of aryl methyl sites for hydroxylation is 1. The van der Waals surface area contributed by atoms with E-state index in [0.29, 0.717) is 28.4 Å². The molecule has 7 nitrogen and oxygen atoms in total. The van der Waals surface area contributed by atoms with Crippen molar-refractivity contribution in [1.82, 2.24) is 19.8 Å². The van der Waals surface area contributed by atoms with Crippen LogP contribution in [0.5, 0.6) is 0 Å². The Bertz CT molecular complexity index is 589. The highest BCUT2D eigenvalue weighted by Crippen LogP contribution is 2.16. The maximum Gasteiger partial charge on any atom is 0.270 e. The van der Waals surface area contributed by atoms with Crippen molar-refractivity contribution in [1.29, 1.82) is 0 Å². The number of hydrogen-bond acceptors (Lipinski definition) is 6. The average molecular weight is 282 g/mol. The van der Waals surface area contributed by atoms with Gasteiger partial charge in [-0.05, 0) is 18.0 Å². The highest BCUT2D eigenvalue weighted by atomic mass is 32.1. The van der Waals surface area contributed by atoms with Crippen LogP contribution < -0.4 is 11.1 Å². The highest BCUT2D eigenvalue weighted by Gasteiger charge is 2.17. The van der Waals surface area contributed by atoms with E-state index in [2.05, 4.69) is 25.1 Å². The molecule has 0 bridgehead atoms. The van der Waals surface area contributed by atoms with Gasteiger partial charge < -0.3 is 11.1 Å². The molecule has 18 heavy (non-hydrogen) atoms. The number of H-pyrrole nitrogens is 1. The van der Waals surface area contributed by atoms with Crippen molar-refractivity contribution < 1.29 is 4.79 Å². The van der Waals surface area contributed by atoms with Crippen molar-refractivity contribution in [3.63, 3.8) is 0 Å². The fourth-order valence-corrected chi connectivity index (χ4v) is 2.15. The van der Waals surface area contributed by atoms with Crippen molar-refractivity contribution in [2.75, 3.05) is 5.32 Å². The van der Waals surface area contributed by atoms with E-state index in [0.717, 1.165) is 11.5 Å². The lowest BCUT2D eigenvalue weighted by Crippen LogP contribution is -2.17. The van der Waals surface area contributed by atoms with Gasteiger partial charge in [-0.1, -0.05) is 23.6 Å². The molecule has 0 radical (unpaired) electrons. The third-order valence-corrected chi connectivity index (χ3v) is 3.23. The summed E-state index contributed by atoms with van der Waals surface area (Å²) in [4.78, 5) is 12.7. The third kappa shape index (κ3) is 2.36. The van der Waals surface area contributed by atoms with Gasteiger partial charge in [-0.3, -0.25) is 9.89 Å². The molecule has 1 amide bonds. The Morgan fingerprint density at radius 2 is 2.44 bits per heavy atom. The Morgan fingerprint density at radius 1 is 1.67 bits per heavy atom. The van der Waals surface area contributed by atoms with Crippen LogP contribution in [0.4, 0.5) is 5.82 Å². The number of aromatic amines is 1. The lowest BCUT2D eigenvalue weighted by Gasteiger charge is -2.03. The molecule has 0 spiro atoms. The van der Waals surface area contributed by atoms with Gasteiger partial charge in [0.25, 0.3) is 5.91 Å². The van der Waals surface area contributed by atoms with E-state index >= 15 is 0 Å². The number of thiocarbonyl (C=S) groups is 1. The van der Waals surface area contributed by atoms with Gasteiger partial charge in [0, 0.05) is 0 Å². The zero-order valence-corrected chi connectivity index (χ0v) is 11.1. The van der Waals surface area contributed by atoms with E-state index in [1.807, 2.05) is 6.92 Å². The van der Waals surface area contributed by atoms with Gasteiger partial charge >= 0.3 is 0 Å². The van der Waals surface area contributed by atoms with Gasteiger partial charge in [0.05, 0.1) is 17.5 Å². The summed E-state index contributed by atoms with van der Waals surface area (Å²) in [7, 11) is 0. The van der Waals surface area contributed by atoms with Crippen molar-refractivity contribution in [3.05, 3.63) is 22.3 Å². The minimum Gasteiger partial charge on any atom is -0.389 e. The first kappa shape index (κ1) is 12.6. The van der Waals surface area contributed by atoms with Crippen LogP contribution >= 0.6 is 23.8 Å². The van der Waals surface area contributed by atoms with Crippen LogP contribution in [-0.4, -0.2) is 30.7 Å². The lowest BCUT2D eigenvalue weighted by atomic mass is 10.3. The third-order valence-electron chi connectivity index (χ3n) is 2.24. The molecule has 2 heterocycles. The quantitative estimate of drug-likeness (QED) is 0.712. The normalized spacial score (nSPS) is 10.3. The number of amides is 1. The van der Waals surface area contributed by atoms with Crippen molar-refractivity contribution in [3.8, 4) is 0 Å². The predicted octanol–water partition coefficient (Wildman–Crippen LogP) is 0.710. The van der Waals surface area contributed by atoms with Gasteiger partial charge in [0.15, 0.2) is 0 Å². The zero-order valence-electron chi connectivity index (χ0n) is 9.43. The number of rotatable bonds is 4. The van der Waals surface area contributed by atoms with E-state index in [1.165, 1.54) is 6.20 Å². The van der Waals surface area contributed by atoms with Crippen molar-refractivity contribution in [2.24, 2.45) is 5.73 Å². The van der Waals surface area contributed by atoms with Gasteiger partial charge in [0.2, 0.25) is 0 Å². The van der Waals surface area contributed by atoms with Gasteiger partial charge in [-0.25, -0.2) is 0 Å². The number of aromatic nitrogens is 4. The number of nitrogens with one attached hydrogen (secondary N) is 2. The summed E-state index contributed by atoms with van der Waals surface area (Å²) in [5.74, 6) is 0.0755. The molecular weight excluding hydrogens is 272 g/mol. The van der Waals surface area contributed by atoms with Gasteiger partial charge in [-0.2, -0.15) is 5.10 Å². The van der Waals surface area contributed by atoms with Crippen LogP contribution in [-0.2, 0) is 6.42 Å². The molecule has 2 rings (SSSR count). The fourth-order valence-electron chi connectivity index (χ4n) is 1.35. The molecule has 0 atom stereocenters. The SMILES string of the molecule is CCc1nnsc1C(=O)Nc1[nH]ncc1C(N)=S. The summed E-state index contributed by atoms with van der Waals surface area (Å²) in [6, 6.07) is 0. The predicted molar refractivity (Wildman–Crippen MR) is 71.7 cm³/mol. The van der Waals surface area contributed by atoms with Gasteiger partial charge in [0.1, 0.15) is 15.7 Å². The Kier molecular flexibility index (Phi) is 3.63. The Labute approximate surface area is 112 Å². The Balaban J connectivity index is 2.22. The molecule has 0 aromatic carbocycles. The molecule has 9 heteroatoms. The highest BCUT2D eigenvalue weighted by molar-refractivity contribution is 7.80. The van der Waals surface area contributed by atoms with E-state index < -0.39 is 0 Å². The first-order valence-corrected chi connectivity index (χ1v) is 6.27. The molecule has 2 aromatic heterocycles. The molecule has 0 saturated carbocycles. The van der Waals surface area contributed by atoms with Crippen molar-refractivity contribution >= 4 is 40.5 Å². The number of carbonyl (C=O) groups is 1. The minimum absolute atomic E-state index is 0.164. The zero-order chi connectivity index (χ0) is 13.1. The molecule has 0 aliphatic rings. The molecule has 0 saturated heterocycles. The Hall–Kier alpha value is -1.87. The summed E-state index contributed by atoms with van der Waals surface area (Å²) in [6.45, 7) is 1.91. The number of nitrogens with zero attached hydrogens (tertiary/aromatic N) is 3. The maximum atomic E-state index is 12.0. The molecular formula is C9H10N6OS2. The van der Waals surface area contributed by atoms with Crippen molar-refractivity contribution in [2.45, 2.75) is 13.3 Å². The molecule has 0 unspecified atom stereocenters. The fraction of sp³-hybridized carbons (Fsp3) is 0.222. The summed E-state index contributed by atoms with van der Waals surface area (Å²) >= 11 is 5.90. The number of nitrogens with two attached hydrogens (primary N) is 1. The van der Waals surface area contributed by atoms with Crippen LogP contribution in [0.3, 0.4) is 0 Å². The lowest BCUT2D eigenvalue weighted by molar-refractivity contribution is 0.102. The number of hydrogen-bond donors (Lipinski definition) is 3. The molecule has 2 aromatic rings. The maximum absolute atomic E-state index is 12.0. The molecule has 0 fully saturated rings. The van der Waals surface area contributed by atoms with Crippen LogP contribution in [0.2, 0.25) is 0 Å². The van der Waals surface area contributed by atoms with E-state index in [1.54, 1.807) is 0 Å². The summed E-state index contributed by atoms with van der Waals surface area (Å²) < 4.78 is 3.76. The number of anilines is 1. The average Bonchev–Trinajstić information content (AvgIpc) is 2.96. The molecule has 0 aliphatic carbocycles. The smallest absolute Gasteiger partial charge is 0.270 e. The first-order chi connectivity index (χ1) is 8.63. The summed E-state index contributed by atoms with van der Waals surface area (Å²) in [5.41, 5.74) is 6.66. The molecule has 4 N–H and O–H groups in total. The van der Waals surface area contributed by atoms with E-state index in [9.17, 15) is 4.79 Å². The monoisotopic (exact) mass is 282 g/mol. The van der Waals surface area contributed by atoms with Crippen LogP contribution in [0.15, 0.2) is 6.20 Å². The van der Waals surface area contributed by atoms with E-state index in [-0.39, 0.29) is 10.9 Å². The molecule has 94 valence electrons. The number of carbonyl (C=O) groups excluding carboxylic acids is 1. The minimum atomic E-state index is -0.302. The topological polar surface area (TPSA) is 110 Å². The standard InChI is InChI=1S/C9H10N6OS2/c1-2-5-6(18-15-13-5)9(16)12-8-4(7(10)17)3-11-14-8/h3H,2H2,1H3,(H2,10,17)(H2,11,12,14,16). The second kappa shape index (κ2) is 5.19. The second-order valence-corrected chi connectivity index (χ2v) is 4.57. The first-order valence-electron chi connectivity index (χ1n) is 5.09. The van der Waals surface area contributed by atoms with Crippen LogP contribution in [0, 0.1) is 0 Å². The van der Waals surface area contributed by atoms with Crippen LogP contribution in [0.25, 0.3) is 0 Å². The Morgan fingerprint density at radius 3 is 3.11 bits per heavy atom. The molecule has 0 aliphatic heterocycles. The summed E-state index contributed by atoms with van der Waals surface area (Å²) in [6.07, 6.45) is 2.11. The van der Waals surface area contributed by atoms with Crippen LogP contribution in [0.1, 0.15) is 27.9 Å². The second-order valence-electron chi connectivity index (χ2n) is 3.38. The largest absolute Gasteiger partial charge is 0.389 e. The van der Waals surface area contributed by atoms with Gasteiger partial charge in [-0.15, -0.1) is 5.10 Å². The summed E-state index contributed by atoms with van der Waals surface area (Å²) in [5, 5.41) is 12.9. The van der Waals surface area contributed by atoms with E-state index in [4.69, 9.17) is 18.0 Å².